The van der Waals surface area contributed by atoms with Gasteiger partial charge in [0, 0.05) is 6.07 Å². The van der Waals surface area contributed by atoms with E-state index in [0.29, 0.717) is 23.8 Å². The van der Waals surface area contributed by atoms with Gasteiger partial charge in [-0.2, -0.15) is 0 Å². The molecule has 1 aromatic rings. The van der Waals surface area contributed by atoms with Crippen LogP contribution in [-0.4, -0.2) is 6.61 Å². The van der Waals surface area contributed by atoms with Crippen molar-refractivity contribution in [2.75, 3.05) is 6.61 Å². The third kappa shape index (κ3) is 6.04. The lowest BCUT2D eigenvalue weighted by atomic mass is 9.80. The van der Waals surface area contributed by atoms with Gasteiger partial charge in [0.2, 0.25) is 0 Å². The Bertz CT molecular complexity index is 586. The molecule has 0 radical (unpaired) electrons. The molecular formula is C22H29FO. The molecule has 0 saturated heterocycles. The van der Waals surface area contributed by atoms with Crippen LogP contribution in [0.4, 0.5) is 4.39 Å². The molecule has 2 heteroatoms. The van der Waals surface area contributed by atoms with Gasteiger partial charge >= 0.3 is 0 Å². The lowest BCUT2D eigenvalue weighted by Gasteiger charge is -2.26. The zero-order chi connectivity index (χ0) is 17.2. The molecule has 0 amide bonds. The number of allylic oxidation sites excluding steroid dienone is 2. The van der Waals surface area contributed by atoms with Crippen molar-refractivity contribution in [1.82, 2.24) is 0 Å². The fourth-order valence-electron chi connectivity index (χ4n) is 3.32. The van der Waals surface area contributed by atoms with Crippen LogP contribution in [0.1, 0.15) is 64.4 Å². The minimum Gasteiger partial charge on any atom is -0.494 e. The van der Waals surface area contributed by atoms with E-state index < -0.39 is 0 Å². The predicted molar refractivity (Wildman–Crippen MR) is 98.6 cm³/mol. The summed E-state index contributed by atoms with van der Waals surface area (Å²) in [6.07, 6.45) is 13.4. The van der Waals surface area contributed by atoms with Crippen LogP contribution >= 0.6 is 0 Å². The first kappa shape index (κ1) is 18.6. The molecule has 24 heavy (non-hydrogen) atoms. The second kappa shape index (κ2) is 10.2. The van der Waals surface area contributed by atoms with Crippen LogP contribution in [0.5, 0.6) is 5.75 Å². The van der Waals surface area contributed by atoms with Crippen molar-refractivity contribution in [1.29, 1.82) is 0 Å². The van der Waals surface area contributed by atoms with Crippen molar-refractivity contribution < 1.29 is 9.13 Å². The zero-order valence-electron chi connectivity index (χ0n) is 15.0. The molecule has 0 N–H and O–H groups in total. The SMILES string of the molecule is CCCC[C@H]1CC[C@H](C=CC#Cc2ccc(OCC)cc2F)CC1. The number of halogens is 1. The Morgan fingerprint density at radius 1 is 1.21 bits per heavy atom. The molecule has 2 rings (SSSR count). The Hall–Kier alpha value is -1.75. The minimum absolute atomic E-state index is 0.321. The van der Waals surface area contributed by atoms with Gasteiger partial charge in [-0.1, -0.05) is 44.1 Å². The Balaban J connectivity index is 1.82. The summed E-state index contributed by atoms with van der Waals surface area (Å²) in [5.74, 6) is 7.67. The van der Waals surface area contributed by atoms with Gasteiger partial charge in [0.1, 0.15) is 11.6 Å². The number of hydrogen-bond acceptors (Lipinski definition) is 1. The molecule has 0 aliphatic heterocycles. The van der Waals surface area contributed by atoms with E-state index in [-0.39, 0.29) is 5.82 Å². The smallest absolute Gasteiger partial charge is 0.142 e. The first-order valence-corrected chi connectivity index (χ1v) is 9.33. The van der Waals surface area contributed by atoms with E-state index >= 15 is 0 Å². The molecule has 1 aliphatic carbocycles. The molecule has 0 unspecified atom stereocenters. The third-order valence-electron chi connectivity index (χ3n) is 4.77. The van der Waals surface area contributed by atoms with Crippen molar-refractivity contribution >= 4 is 0 Å². The van der Waals surface area contributed by atoms with Crippen molar-refractivity contribution in [2.24, 2.45) is 11.8 Å². The van der Waals surface area contributed by atoms with Crippen LogP contribution in [0.2, 0.25) is 0 Å². The van der Waals surface area contributed by atoms with Crippen molar-refractivity contribution in [3.8, 4) is 17.6 Å². The number of benzene rings is 1. The van der Waals surface area contributed by atoms with Crippen molar-refractivity contribution in [3.05, 3.63) is 41.7 Å². The van der Waals surface area contributed by atoms with Crippen LogP contribution in [0, 0.1) is 29.5 Å². The van der Waals surface area contributed by atoms with Crippen LogP contribution in [0.25, 0.3) is 0 Å². The average molecular weight is 328 g/mol. The maximum atomic E-state index is 13.9. The van der Waals surface area contributed by atoms with Crippen LogP contribution < -0.4 is 4.74 Å². The van der Waals surface area contributed by atoms with Gasteiger partial charge in [0.05, 0.1) is 12.2 Å². The van der Waals surface area contributed by atoms with E-state index in [1.165, 1.54) is 51.0 Å². The van der Waals surface area contributed by atoms with Crippen LogP contribution in [0.3, 0.4) is 0 Å². The molecule has 1 nitrogen and oxygen atoms in total. The first-order chi connectivity index (χ1) is 11.7. The molecule has 0 aromatic heterocycles. The minimum atomic E-state index is -0.321. The maximum Gasteiger partial charge on any atom is 0.142 e. The Kier molecular flexibility index (Phi) is 7.89. The van der Waals surface area contributed by atoms with Gasteiger partial charge in [-0.3, -0.25) is 0 Å². The monoisotopic (exact) mass is 328 g/mol. The average Bonchev–Trinajstić information content (AvgIpc) is 2.60. The Morgan fingerprint density at radius 3 is 2.67 bits per heavy atom. The van der Waals surface area contributed by atoms with E-state index in [1.54, 1.807) is 12.1 Å². The summed E-state index contributed by atoms with van der Waals surface area (Å²) in [6.45, 7) is 4.68. The van der Waals surface area contributed by atoms with E-state index in [0.717, 1.165) is 5.92 Å². The highest BCUT2D eigenvalue weighted by molar-refractivity contribution is 5.41. The summed E-state index contributed by atoms with van der Waals surface area (Å²) in [7, 11) is 0. The second-order valence-electron chi connectivity index (χ2n) is 6.63. The Labute approximate surface area is 146 Å². The molecule has 1 aromatic carbocycles. The van der Waals surface area contributed by atoms with E-state index in [4.69, 9.17) is 4.74 Å². The molecule has 0 heterocycles. The van der Waals surface area contributed by atoms with Gasteiger partial charge in [-0.25, -0.2) is 4.39 Å². The fourth-order valence-corrected chi connectivity index (χ4v) is 3.32. The summed E-state index contributed by atoms with van der Waals surface area (Å²) < 4.78 is 19.2. The number of rotatable bonds is 6. The molecule has 1 saturated carbocycles. The van der Waals surface area contributed by atoms with Crippen LogP contribution in [0.15, 0.2) is 30.4 Å². The molecule has 0 spiro atoms. The highest BCUT2D eigenvalue weighted by Crippen LogP contribution is 2.32. The first-order valence-electron chi connectivity index (χ1n) is 9.33. The topological polar surface area (TPSA) is 9.23 Å². The molecule has 0 bridgehead atoms. The predicted octanol–water partition coefficient (Wildman–Crippen LogP) is 6.13. The third-order valence-corrected chi connectivity index (χ3v) is 4.77. The molecule has 1 fully saturated rings. The van der Waals surface area contributed by atoms with Gasteiger partial charge in [-0.05, 0) is 62.7 Å². The molecular weight excluding hydrogens is 299 g/mol. The number of ether oxygens (including phenoxy) is 1. The maximum absolute atomic E-state index is 13.9. The molecule has 1 aliphatic rings. The number of unbranched alkanes of at least 4 members (excludes halogenated alkanes) is 1. The highest BCUT2D eigenvalue weighted by Gasteiger charge is 2.18. The summed E-state index contributed by atoms with van der Waals surface area (Å²) in [5.41, 5.74) is 0.423. The van der Waals surface area contributed by atoms with Crippen LogP contribution in [-0.2, 0) is 0 Å². The lowest BCUT2D eigenvalue weighted by Crippen LogP contribution is -2.12. The molecule has 0 atom stereocenters. The highest BCUT2D eigenvalue weighted by atomic mass is 19.1. The standard InChI is InChI=1S/C22H29FO/c1-3-5-8-18-11-13-19(14-12-18)9-6-7-10-20-15-16-21(24-4-2)17-22(20)23/h6,9,15-19H,3-5,8,11-14H2,1-2H3/t18-,19-. The van der Waals surface area contributed by atoms with Gasteiger partial charge in [0.25, 0.3) is 0 Å². The van der Waals surface area contributed by atoms with E-state index in [1.807, 2.05) is 13.0 Å². The summed E-state index contributed by atoms with van der Waals surface area (Å²) >= 11 is 0. The van der Waals surface area contributed by atoms with Crippen molar-refractivity contribution in [3.63, 3.8) is 0 Å². The fraction of sp³-hybridized carbons (Fsp3) is 0.545. The van der Waals surface area contributed by atoms with E-state index in [2.05, 4.69) is 24.8 Å². The van der Waals surface area contributed by atoms with Gasteiger partial charge in [-0.15, -0.1) is 0 Å². The second-order valence-corrected chi connectivity index (χ2v) is 6.63. The quantitative estimate of drug-likeness (QED) is 0.571. The van der Waals surface area contributed by atoms with Crippen molar-refractivity contribution in [2.45, 2.75) is 58.8 Å². The largest absolute Gasteiger partial charge is 0.494 e. The zero-order valence-corrected chi connectivity index (χ0v) is 15.0. The van der Waals surface area contributed by atoms with Gasteiger partial charge < -0.3 is 4.74 Å². The van der Waals surface area contributed by atoms with Gasteiger partial charge in [0.15, 0.2) is 0 Å². The summed E-state index contributed by atoms with van der Waals surface area (Å²) in [5, 5.41) is 0. The summed E-state index contributed by atoms with van der Waals surface area (Å²) in [4.78, 5) is 0. The number of hydrogen-bond donors (Lipinski definition) is 0. The van der Waals surface area contributed by atoms with E-state index in [9.17, 15) is 4.39 Å². The lowest BCUT2D eigenvalue weighted by molar-refractivity contribution is 0.291. The Morgan fingerprint density at radius 2 is 2.00 bits per heavy atom. The normalized spacial score (nSPS) is 20.6. The molecule has 130 valence electrons. The summed E-state index contributed by atoms with van der Waals surface area (Å²) in [6, 6.07) is 4.84.